The number of hydrogen-bond donors (Lipinski definition) is 1. The van der Waals surface area contributed by atoms with Gasteiger partial charge in [-0.05, 0) is 13.8 Å². The number of nitrogens with zero attached hydrogens (tertiary/aromatic N) is 6. The molecule has 0 spiro atoms. The van der Waals surface area contributed by atoms with Gasteiger partial charge in [-0.2, -0.15) is 15.0 Å². The van der Waals surface area contributed by atoms with Crippen LogP contribution >= 0.6 is 0 Å². The lowest BCUT2D eigenvalue weighted by Crippen LogP contribution is -2.25. The van der Waals surface area contributed by atoms with Gasteiger partial charge in [-0.3, -0.25) is 0 Å². The summed E-state index contributed by atoms with van der Waals surface area (Å²) in [6.07, 6.45) is 3.54. The number of hydrogen-bond acceptors (Lipinski definition) is 6. The predicted octanol–water partition coefficient (Wildman–Crippen LogP) is 0.700. The summed E-state index contributed by atoms with van der Waals surface area (Å²) >= 11 is 0. The Hall–Kier alpha value is -2.18. The van der Waals surface area contributed by atoms with Crippen LogP contribution in [0, 0.1) is 0 Å². The standard InChI is InChI=1S/C11H17N7/c1-4-18(5-2)11-15-8(14-10(12)16-11)9-13-6-7-17(9)3/h6-7H,4-5H2,1-3H3,(H2,12,14,15,16). The summed E-state index contributed by atoms with van der Waals surface area (Å²) in [6.45, 7) is 5.73. The summed E-state index contributed by atoms with van der Waals surface area (Å²) in [4.78, 5) is 18.9. The molecule has 0 aliphatic heterocycles. The van der Waals surface area contributed by atoms with E-state index in [1.807, 2.05) is 36.6 Å². The van der Waals surface area contributed by atoms with E-state index in [0.29, 0.717) is 17.6 Å². The molecule has 2 aromatic heterocycles. The van der Waals surface area contributed by atoms with E-state index >= 15 is 0 Å². The van der Waals surface area contributed by atoms with Gasteiger partial charge in [-0.25, -0.2) is 4.98 Å². The third kappa shape index (κ3) is 2.24. The molecule has 0 amide bonds. The highest BCUT2D eigenvalue weighted by atomic mass is 15.3. The second kappa shape index (κ2) is 4.99. The number of imidazole rings is 1. The zero-order valence-corrected chi connectivity index (χ0v) is 10.8. The molecule has 0 aromatic carbocycles. The number of nitrogen functional groups attached to an aromatic ring is 1. The van der Waals surface area contributed by atoms with E-state index in [-0.39, 0.29) is 5.95 Å². The molecule has 0 unspecified atom stereocenters. The summed E-state index contributed by atoms with van der Waals surface area (Å²) in [7, 11) is 1.89. The quantitative estimate of drug-likeness (QED) is 0.856. The van der Waals surface area contributed by atoms with Crippen molar-refractivity contribution in [2.75, 3.05) is 23.7 Å². The van der Waals surface area contributed by atoms with Gasteiger partial charge in [0.2, 0.25) is 17.7 Å². The Kier molecular flexibility index (Phi) is 3.40. The van der Waals surface area contributed by atoms with Crippen molar-refractivity contribution in [3.63, 3.8) is 0 Å². The maximum Gasteiger partial charge on any atom is 0.230 e. The van der Waals surface area contributed by atoms with Crippen molar-refractivity contribution in [2.45, 2.75) is 13.8 Å². The fraction of sp³-hybridized carbons (Fsp3) is 0.455. The molecule has 2 N–H and O–H groups in total. The molecule has 2 aromatic rings. The molecule has 0 saturated carbocycles. The lowest BCUT2D eigenvalue weighted by Gasteiger charge is -2.18. The second-order valence-corrected chi connectivity index (χ2v) is 3.85. The van der Waals surface area contributed by atoms with E-state index in [9.17, 15) is 0 Å². The molecule has 0 radical (unpaired) electrons. The summed E-state index contributed by atoms with van der Waals surface area (Å²) in [6, 6.07) is 0. The molecule has 2 heterocycles. The summed E-state index contributed by atoms with van der Waals surface area (Å²) in [5, 5.41) is 0. The molecule has 7 heteroatoms. The molecule has 0 fully saturated rings. The average Bonchev–Trinajstić information content (AvgIpc) is 2.76. The van der Waals surface area contributed by atoms with Crippen LogP contribution in [0.15, 0.2) is 12.4 Å². The minimum atomic E-state index is 0.213. The Bertz CT molecular complexity index is 530. The largest absolute Gasteiger partial charge is 0.368 e. The number of rotatable bonds is 4. The van der Waals surface area contributed by atoms with E-state index in [4.69, 9.17) is 5.73 Å². The van der Waals surface area contributed by atoms with Crippen molar-refractivity contribution in [1.82, 2.24) is 24.5 Å². The van der Waals surface area contributed by atoms with E-state index in [1.54, 1.807) is 6.20 Å². The van der Waals surface area contributed by atoms with Crippen LogP contribution in [-0.2, 0) is 7.05 Å². The number of anilines is 2. The average molecular weight is 247 g/mol. The molecule has 0 bridgehead atoms. The first-order chi connectivity index (χ1) is 8.65. The molecular formula is C11H17N7. The van der Waals surface area contributed by atoms with Crippen molar-refractivity contribution in [3.8, 4) is 11.6 Å². The third-order valence-electron chi connectivity index (χ3n) is 2.71. The van der Waals surface area contributed by atoms with Gasteiger partial charge >= 0.3 is 0 Å². The Labute approximate surface area is 106 Å². The summed E-state index contributed by atoms with van der Waals surface area (Å²) in [5.74, 6) is 1.98. The molecule has 0 aliphatic rings. The smallest absolute Gasteiger partial charge is 0.230 e. The fourth-order valence-electron chi connectivity index (χ4n) is 1.71. The van der Waals surface area contributed by atoms with Crippen molar-refractivity contribution in [2.24, 2.45) is 7.05 Å². The molecule has 2 rings (SSSR count). The number of aryl methyl sites for hydroxylation is 1. The van der Waals surface area contributed by atoms with E-state index < -0.39 is 0 Å². The monoisotopic (exact) mass is 247 g/mol. The van der Waals surface area contributed by atoms with Gasteiger partial charge in [0.1, 0.15) is 0 Å². The first kappa shape index (κ1) is 12.3. The highest BCUT2D eigenvalue weighted by Gasteiger charge is 2.13. The zero-order valence-electron chi connectivity index (χ0n) is 10.8. The molecule has 7 nitrogen and oxygen atoms in total. The lowest BCUT2D eigenvalue weighted by atomic mass is 10.5. The Morgan fingerprint density at radius 2 is 1.94 bits per heavy atom. The van der Waals surface area contributed by atoms with E-state index in [0.717, 1.165) is 13.1 Å². The fourth-order valence-corrected chi connectivity index (χ4v) is 1.71. The van der Waals surface area contributed by atoms with Gasteiger partial charge in [-0.15, -0.1) is 0 Å². The summed E-state index contributed by atoms with van der Waals surface area (Å²) < 4.78 is 1.85. The van der Waals surface area contributed by atoms with Crippen molar-refractivity contribution in [3.05, 3.63) is 12.4 Å². The zero-order chi connectivity index (χ0) is 13.1. The molecule has 0 atom stereocenters. The van der Waals surface area contributed by atoms with Crippen molar-refractivity contribution >= 4 is 11.9 Å². The highest BCUT2D eigenvalue weighted by Crippen LogP contribution is 2.16. The van der Waals surface area contributed by atoms with Crippen LogP contribution in [0.1, 0.15) is 13.8 Å². The van der Waals surface area contributed by atoms with Gasteiger partial charge in [0, 0.05) is 32.5 Å². The van der Waals surface area contributed by atoms with Crippen LogP contribution in [0.5, 0.6) is 0 Å². The Morgan fingerprint density at radius 1 is 1.22 bits per heavy atom. The van der Waals surface area contributed by atoms with Crippen LogP contribution in [-0.4, -0.2) is 37.6 Å². The van der Waals surface area contributed by atoms with Crippen LogP contribution in [0.3, 0.4) is 0 Å². The first-order valence-electron chi connectivity index (χ1n) is 5.89. The van der Waals surface area contributed by atoms with Gasteiger partial charge in [0.25, 0.3) is 0 Å². The Balaban J connectivity index is 2.47. The lowest BCUT2D eigenvalue weighted by molar-refractivity contribution is 0.810. The van der Waals surface area contributed by atoms with E-state index in [2.05, 4.69) is 19.9 Å². The van der Waals surface area contributed by atoms with Gasteiger partial charge in [0.05, 0.1) is 0 Å². The first-order valence-corrected chi connectivity index (χ1v) is 5.89. The van der Waals surface area contributed by atoms with Crippen LogP contribution in [0.2, 0.25) is 0 Å². The maximum atomic E-state index is 5.74. The molecule has 0 saturated heterocycles. The van der Waals surface area contributed by atoms with Crippen molar-refractivity contribution < 1.29 is 0 Å². The number of nitrogens with two attached hydrogens (primary N) is 1. The molecule has 0 aliphatic carbocycles. The van der Waals surface area contributed by atoms with Gasteiger partial charge < -0.3 is 15.2 Å². The van der Waals surface area contributed by atoms with Crippen LogP contribution in [0.4, 0.5) is 11.9 Å². The molecular weight excluding hydrogens is 230 g/mol. The number of aromatic nitrogens is 5. The third-order valence-corrected chi connectivity index (χ3v) is 2.71. The predicted molar refractivity (Wildman–Crippen MR) is 70.0 cm³/mol. The minimum absolute atomic E-state index is 0.213. The Morgan fingerprint density at radius 3 is 2.50 bits per heavy atom. The highest BCUT2D eigenvalue weighted by molar-refractivity contribution is 5.49. The topological polar surface area (TPSA) is 85.8 Å². The maximum absolute atomic E-state index is 5.74. The SMILES string of the molecule is CCN(CC)c1nc(N)nc(-c2nccn2C)n1. The van der Waals surface area contributed by atoms with Crippen molar-refractivity contribution in [1.29, 1.82) is 0 Å². The molecule has 18 heavy (non-hydrogen) atoms. The summed E-state index contributed by atoms with van der Waals surface area (Å²) in [5.41, 5.74) is 5.74. The second-order valence-electron chi connectivity index (χ2n) is 3.85. The molecule has 96 valence electrons. The minimum Gasteiger partial charge on any atom is -0.368 e. The van der Waals surface area contributed by atoms with Crippen LogP contribution < -0.4 is 10.6 Å². The normalized spacial score (nSPS) is 10.6. The van der Waals surface area contributed by atoms with Crippen LogP contribution in [0.25, 0.3) is 11.6 Å². The van der Waals surface area contributed by atoms with Gasteiger partial charge in [0.15, 0.2) is 5.82 Å². The van der Waals surface area contributed by atoms with Gasteiger partial charge in [-0.1, -0.05) is 0 Å². The van der Waals surface area contributed by atoms with E-state index in [1.165, 1.54) is 0 Å².